The Morgan fingerprint density at radius 1 is 1.67 bits per heavy atom. The quantitative estimate of drug-likeness (QED) is 0.623. The molecule has 0 fully saturated rings. The van der Waals surface area contributed by atoms with Crippen LogP contribution < -0.4 is 10.2 Å². The van der Waals surface area contributed by atoms with E-state index < -0.39 is 6.09 Å². The number of nitrogens with one attached hydrogen (secondary N) is 1. The van der Waals surface area contributed by atoms with Crippen LogP contribution in [0.25, 0.3) is 0 Å². The van der Waals surface area contributed by atoms with E-state index >= 15 is 0 Å². The summed E-state index contributed by atoms with van der Waals surface area (Å²) in [7, 11) is 0. The van der Waals surface area contributed by atoms with Crippen LogP contribution in [-0.2, 0) is 4.74 Å². The van der Waals surface area contributed by atoms with Crippen molar-refractivity contribution in [2.75, 3.05) is 10.2 Å². The third kappa shape index (κ3) is 2.19. The van der Waals surface area contributed by atoms with Crippen LogP contribution in [0.5, 0.6) is 0 Å². The molecule has 1 atom stereocenters. The number of amides is 1. The van der Waals surface area contributed by atoms with E-state index in [0.29, 0.717) is 16.4 Å². The van der Waals surface area contributed by atoms with Crippen molar-refractivity contribution >= 4 is 34.7 Å². The van der Waals surface area contributed by atoms with Crippen LogP contribution in [-0.4, -0.2) is 22.1 Å². The van der Waals surface area contributed by atoms with Gasteiger partial charge in [-0.3, -0.25) is 9.88 Å². The monoisotopic (exact) mass is 263 g/mol. The van der Waals surface area contributed by atoms with Gasteiger partial charge in [0, 0.05) is 6.20 Å². The zero-order valence-electron chi connectivity index (χ0n) is 10.1. The van der Waals surface area contributed by atoms with Crippen LogP contribution in [0, 0.1) is 0 Å². The van der Waals surface area contributed by atoms with E-state index in [0.717, 1.165) is 5.69 Å². The highest BCUT2D eigenvalue weighted by atomic mass is 32.1. The third-order valence-electron chi connectivity index (χ3n) is 2.54. The highest BCUT2D eigenvalue weighted by Gasteiger charge is 2.32. The number of pyridine rings is 1. The largest absolute Gasteiger partial charge is 0.420 e. The van der Waals surface area contributed by atoms with E-state index in [2.05, 4.69) is 16.9 Å². The van der Waals surface area contributed by atoms with Crippen LogP contribution in [0.15, 0.2) is 30.8 Å². The molecule has 0 saturated carbocycles. The standard InChI is InChI=1S/C12H13N3O2S/c1-7(2)17-12(16)15-8(3)11(18)14-9-4-5-13-6-10(9)15/h4-6,8H,1H2,2-3H3,(H,14,18)/t8-/m0/s1. The Morgan fingerprint density at radius 2 is 2.39 bits per heavy atom. The van der Waals surface area contributed by atoms with E-state index in [-0.39, 0.29) is 6.04 Å². The topological polar surface area (TPSA) is 54.5 Å². The Balaban J connectivity index is 2.41. The Labute approximate surface area is 110 Å². The van der Waals surface area contributed by atoms with Gasteiger partial charge >= 0.3 is 6.09 Å². The number of thiocarbonyl (C=S) groups is 1. The molecule has 1 aliphatic heterocycles. The maximum Gasteiger partial charge on any atom is 0.420 e. The summed E-state index contributed by atoms with van der Waals surface area (Å²) in [6.45, 7) is 7.00. The van der Waals surface area contributed by atoms with E-state index in [9.17, 15) is 4.79 Å². The van der Waals surface area contributed by atoms with Crippen LogP contribution in [0.4, 0.5) is 16.2 Å². The molecular weight excluding hydrogens is 250 g/mol. The molecule has 0 unspecified atom stereocenters. The Hall–Kier alpha value is -1.95. The molecule has 0 aromatic carbocycles. The number of ether oxygens (including phenoxy) is 1. The summed E-state index contributed by atoms with van der Waals surface area (Å²) >= 11 is 5.21. The lowest BCUT2D eigenvalue weighted by molar-refractivity contribution is 0.183. The number of hydrogen-bond donors (Lipinski definition) is 1. The first-order valence-corrected chi connectivity index (χ1v) is 5.83. The first-order chi connectivity index (χ1) is 8.50. The molecule has 5 nitrogen and oxygen atoms in total. The number of nitrogens with zero attached hydrogens (tertiary/aromatic N) is 2. The summed E-state index contributed by atoms with van der Waals surface area (Å²) in [4.78, 5) is 18.1. The smallest absolute Gasteiger partial charge is 0.415 e. The van der Waals surface area contributed by atoms with Crippen molar-refractivity contribution in [3.63, 3.8) is 0 Å². The molecule has 2 rings (SSSR count). The number of anilines is 2. The summed E-state index contributed by atoms with van der Waals surface area (Å²) in [5.74, 6) is 0.335. The average Bonchev–Trinajstić information content (AvgIpc) is 2.29. The molecule has 1 aromatic heterocycles. The van der Waals surface area contributed by atoms with E-state index in [4.69, 9.17) is 17.0 Å². The van der Waals surface area contributed by atoms with Gasteiger partial charge in [0.25, 0.3) is 0 Å². The molecule has 1 N–H and O–H groups in total. The van der Waals surface area contributed by atoms with Gasteiger partial charge in [0.2, 0.25) is 0 Å². The first-order valence-electron chi connectivity index (χ1n) is 5.42. The van der Waals surface area contributed by atoms with Crippen LogP contribution in [0.1, 0.15) is 13.8 Å². The van der Waals surface area contributed by atoms with Gasteiger partial charge in [-0.2, -0.15) is 0 Å². The fourth-order valence-corrected chi connectivity index (χ4v) is 1.92. The minimum atomic E-state index is -0.506. The highest BCUT2D eigenvalue weighted by molar-refractivity contribution is 7.80. The number of hydrogen-bond acceptors (Lipinski definition) is 4. The molecule has 1 amide bonds. The molecule has 6 heteroatoms. The molecule has 0 spiro atoms. The highest BCUT2D eigenvalue weighted by Crippen LogP contribution is 2.32. The first kappa shape index (κ1) is 12.5. The van der Waals surface area contributed by atoms with Crippen molar-refractivity contribution in [3.8, 4) is 0 Å². The van der Waals surface area contributed by atoms with Crippen molar-refractivity contribution in [3.05, 3.63) is 30.8 Å². The van der Waals surface area contributed by atoms with E-state index in [1.807, 2.05) is 6.92 Å². The summed E-state index contributed by atoms with van der Waals surface area (Å²) < 4.78 is 5.04. The Bertz CT molecular complexity index is 530. The fraction of sp³-hybridized carbons (Fsp3) is 0.250. The van der Waals surface area contributed by atoms with Crippen molar-refractivity contribution < 1.29 is 9.53 Å². The zero-order chi connectivity index (χ0) is 13.3. The van der Waals surface area contributed by atoms with E-state index in [1.54, 1.807) is 25.4 Å². The van der Waals surface area contributed by atoms with Crippen molar-refractivity contribution in [1.29, 1.82) is 0 Å². The number of carbonyl (C=O) groups is 1. The third-order valence-corrected chi connectivity index (χ3v) is 2.99. The van der Waals surface area contributed by atoms with Gasteiger partial charge < -0.3 is 10.1 Å². The van der Waals surface area contributed by atoms with Gasteiger partial charge in [0.05, 0.1) is 29.4 Å². The molecule has 0 aliphatic carbocycles. The second-order valence-electron chi connectivity index (χ2n) is 4.00. The average molecular weight is 263 g/mol. The number of carbonyl (C=O) groups excluding carboxylic acids is 1. The predicted molar refractivity (Wildman–Crippen MR) is 73.7 cm³/mol. The lowest BCUT2D eigenvalue weighted by Crippen LogP contribution is -2.48. The van der Waals surface area contributed by atoms with Crippen LogP contribution in [0.2, 0.25) is 0 Å². The van der Waals surface area contributed by atoms with Crippen LogP contribution in [0.3, 0.4) is 0 Å². The molecule has 1 aromatic rings. The predicted octanol–water partition coefficient (Wildman–Crippen LogP) is 2.70. The minimum absolute atomic E-state index is 0.288. The SMILES string of the molecule is C=C(C)OC(=O)N1c2cnccc2NC(=S)[C@@H]1C. The van der Waals surface area contributed by atoms with Gasteiger partial charge in [-0.05, 0) is 19.9 Å². The van der Waals surface area contributed by atoms with Gasteiger partial charge in [-0.25, -0.2) is 4.79 Å². The second-order valence-corrected chi connectivity index (χ2v) is 4.44. The maximum atomic E-state index is 12.1. The van der Waals surface area contributed by atoms with E-state index in [1.165, 1.54) is 4.90 Å². The normalized spacial score (nSPS) is 17.8. The van der Waals surface area contributed by atoms with Crippen molar-refractivity contribution in [1.82, 2.24) is 4.98 Å². The van der Waals surface area contributed by atoms with Crippen molar-refractivity contribution in [2.24, 2.45) is 0 Å². The summed E-state index contributed by atoms with van der Waals surface area (Å²) in [5.41, 5.74) is 1.39. The summed E-state index contributed by atoms with van der Waals surface area (Å²) in [5, 5.41) is 3.07. The summed E-state index contributed by atoms with van der Waals surface area (Å²) in [6.07, 6.45) is 2.72. The van der Waals surface area contributed by atoms with Crippen molar-refractivity contribution in [2.45, 2.75) is 19.9 Å². The number of allylic oxidation sites excluding steroid dienone is 1. The number of aromatic nitrogens is 1. The number of rotatable bonds is 1. The molecule has 0 saturated heterocycles. The second kappa shape index (κ2) is 4.73. The number of fused-ring (bicyclic) bond motifs is 1. The molecular formula is C12H13N3O2S. The Morgan fingerprint density at radius 3 is 3.06 bits per heavy atom. The molecule has 0 radical (unpaired) electrons. The molecule has 0 bridgehead atoms. The lowest BCUT2D eigenvalue weighted by Gasteiger charge is -2.34. The zero-order valence-corrected chi connectivity index (χ0v) is 11.0. The lowest BCUT2D eigenvalue weighted by atomic mass is 10.1. The molecule has 94 valence electrons. The van der Waals surface area contributed by atoms with Crippen LogP contribution >= 0.6 is 12.2 Å². The Kier molecular flexibility index (Phi) is 3.29. The van der Waals surface area contributed by atoms with Gasteiger partial charge in [0.1, 0.15) is 4.99 Å². The molecule has 2 heterocycles. The van der Waals surface area contributed by atoms with Gasteiger partial charge in [-0.1, -0.05) is 18.8 Å². The minimum Gasteiger partial charge on any atom is -0.415 e. The maximum absolute atomic E-state index is 12.1. The summed E-state index contributed by atoms with van der Waals surface area (Å²) in [6, 6.07) is 1.47. The van der Waals surface area contributed by atoms with Gasteiger partial charge in [0.15, 0.2) is 0 Å². The van der Waals surface area contributed by atoms with Gasteiger partial charge in [-0.15, -0.1) is 0 Å². The molecule has 1 aliphatic rings. The fourth-order valence-electron chi connectivity index (χ4n) is 1.70. The molecule has 18 heavy (non-hydrogen) atoms.